The fourth-order valence-electron chi connectivity index (χ4n) is 1.51. The van der Waals surface area contributed by atoms with E-state index in [1.807, 2.05) is 0 Å². The zero-order valence-corrected chi connectivity index (χ0v) is 10.3. The molecule has 0 bridgehead atoms. The molecule has 0 N–H and O–H groups in total. The maximum Gasteiger partial charge on any atom is 0.120 e. The van der Waals surface area contributed by atoms with E-state index in [0.29, 0.717) is 12.3 Å². The molecule has 0 amide bonds. The summed E-state index contributed by atoms with van der Waals surface area (Å²) in [5.41, 5.74) is 1.54. The minimum atomic E-state index is 0.174. The third-order valence-electron chi connectivity index (χ3n) is 3.21. The summed E-state index contributed by atoms with van der Waals surface area (Å²) in [4.78, 5) is 10.6. The van der Waals surface area contributed by atoms with Gasteiger partial charge < -0.3 is 4.79 Å². The summed E-state index contributed by atoms with van der Waals surface area (Å²) in [7, 11) is 0. The molecule has 1 atom stereocenters. The number of rotatable bonds is 6. The van der Waals surface area contributed by atoms with Crippen LogP contribution in [0.2, 0.25) is 0 Å². The van der Waals surface area contributed by atoms with Crippen molar-refractivity contribution in [3.8, 4) is 0 Å². The molecule has 1 nitrogen and oxygen atoms in total. The first-order valence-electron chi connectivity index (χ1n) is 5.49. The maximum absolute atomic E-state index is 10.6. The number of hydrogen-bond acceptors (Lipinski definition) is 1. The second-order valence-electron chi connectivity index (χ2n) is 5.00. The number of hydrogen-bond donors (Lipinski definition) is 0. The molecule has 0 radical (unpaired) electrons. The molecule has 1 unspecified atom stereocenters. The van der Waals surface area contributed by atoms with Gasteiger partial charge in [-0.15, -0.1) is 0 Å². The quantitative estimate of drug-likeness (QED) is 0.464. The Labute approximate surface area is 88.6 Å². The molecule has 0 aromatic rings. The van der Waals surface area contributed by atoms with E-state index < -0.39 is 0 Å². The first kappa shape index (κ1) is 13.4. The predicted octanol–water partition coefficient (Wildman–Crippen LogP) is 3.98. The van der Waals surface area contributed by atoms with Crippen LogP contribution in [0.3, 0.4) is 0 Å². The van der Waals surface area contributed by atoms with Gasteiger partial charge in [-0.05, 0) is 38.0 Å². The summed E-state index contributed by atoms with van der Waals surface area (Å²) in [6.45, 7) is 10.8. The van der Waals surface area contributed by atoms with Gasteiger partial charge in [0.05, 0.1) is 0 Å². The van der Waals surface area contributed by atoms with Crippen LogP contribution in [0.4, 0.5) is 0 Å². The lowest BCUT2D eigenvalue weighted by Crippen LogP contribution is -2.23. The van der Waals surface area contributed by atoms with E-state index in [4.69, 9.17) is 0 Å². The highest BCUT2D eigenvalue weighted by Crippen LogP contribution is 2.35. The topological polar surface area (TPSA) is 17.1 Å². The highest BCUT2D eigenvalue weighted by Gasteiger charge is 2.26. The van der Waals surface area contributed by atoms with Gasteiger partial charge >= 0.3 is 0 Å². The molecule has 0 aromatic carbocycles. The van der Waals surface area contributed by atoms with Crippen LogP contribution in [0.5, 0.6) is 0 Å². The van der Waals surface area contributed by atoms with E-state index in [-0.39, 0.29) is 5.41 Å². The van der Waals surface area contributed by atoms with Crippen molar-refractivity contribution in [2.24, 2.45) is 11.3 Å². The number of aldehydes is 1. The van der Waals surface area contributed by atoms with Gasteiger partial charge in [0.1, 0.15) is 6.29 Å². The van der Waals surface area contributed by atoms with Crippen molar-refractivity contribution in [2.45, 2.75) is 53.9 Å². The van der Waals surface area contributed by atoms with Crippen molar-refractivity contribution in [3.05, 3.63) is 11.6 Å². The van der Waals surface area contributed by atoms with Crippen LogP contribution >= 0.6 is 0 Å². The van der Waals surface area contributed by atoms with Gasteiger partial charge in [-0.3, -0.25) is 0 Å². The van der Waals surface area contributed by atoms with Gasteiger partial charge in [0, 0.05) is 6.42 Å². The molecule has 0 aromatic heterocycles. The lowest BCUT2D eigenvalue weighted by molar-refractivity contribution is -0.110. The smallest absolute Gasteiger partial charge is 0.120 e. The van der Waals surface area contributed by atoms with Crippen molar-refractivity contribution < 1.29 is 4.79 Å². The normalized spacial score (nSPS) is 15.0. The molecule has 0 saturated heterocycles. The van der Waals surface area contributed by atoms with Crippen LogP contribution < -0.4 is 0 Å². The lowest BCUT2D eigenvalue weighted by atomic mass is 9.73. The molecular weight excluding hydrogens is 172 g/mol. The van der Waals surface area contributed by atoms with Crippen LogP contribution in [-0.4, -0.2) is 6.29 Å². The molecule has 0 saturated carbocycles. The Morgan fingerprint density at radius 3 is 2.29 bits per heavy atom. The summed E-state index contributed by atoms with van der Waals surface area (Å²) < 4.78 is 0. The summed E-state index contributed by atoms with van der Waals surface area (Å²) in [5.74, 6) is 0.568. The van der Waals surface area contributed by atoms with Crippen molar-refractivity contribution in [2.75, 3.05) is 0 Å². The fraction of sp³-hybridized carbons (Fsp3) is 0.769. The van der Waals surface area contributed by atoms with Gasteiger partial charge in [-0.1, -0.05) is 32.4 Å². The summed E-state index contributed by atoms with van der Waals surface area (Å²) >= 11 is 0. The van der Waals surface area contributed by atoms with Crippen molar-refractivity contribution >= 4 is 6.29 Å². The molecule has 0 heterocycles. The van der Waals surface area contributed by atoms with Crippen LogP contribution in [0, 0.1) is 11.3 Å². The van der Waals surface area contributed by atoms with Gasteiger partial charge in [-0.2, -0.15) is 0 Å². The highest BCUT2D eigenvalue weighted by atomic mass is 16.1. The molecule has 0 fully saturated rings. The molecule has 1 heteroatoms. The van der Waals surface area contributed by atoms with E-state index in [2.05, 4.69) is 40.7 Å². The average Bonchev–Trinajstić information content (AvgIpc) is 2.03. The Bertz CT molecular complexity index is 199. The largest absolute Gasteiger partial charge is 0.303 e. The van der Waals surface area contributed by atoms with Crippen molar-refractivity contribution in [1.29, 1.82) is 0 Å². The van der Waals surface area contributed by atoms with E-state index in [1.165, 1.54) is 5.57 Å². The number of carbonyl (C=O) groups excluding carboxylic acids is 1. The van der Waals surface area contributed by atoms with Crippen molar-refractivity contribution in [1.82, 2.24) is 0 Å². The van der Waals surface area contributed by atoms with Crippen LogP contribution in [-0.2, 0) is 4.79 Å². The summed E-state index contributed by atoms with van der Waals surface area (Å²) in [6.07, 6.45) is 6.19. The van der Waals surface area contributed by atoms with Crippen LogP contribution in [0.25, 0.3) is 0 Å². The number of allylic oxidation sites excluding steroid dienone is 2. The Hall–Kier alpha value is -0.590. The first-order chi connectivity index (χ1) is 6.42. The number of carbonyl (C=O) groups is 1. The average molecular weight is 196 g/mol. The zero-order valence-electron chi connectivity index (χ0n) is 10.3. The van der Waals surface area contributed by atoms with Gasteiger partial charge in [0.2, 0.25) is 0 Å². The lowest BCUT2D eigenvalue weighted by Gasteiger charge is -2.31. The molecule has 0 spiro atoms. The molecule has 0 rings (SSSR count). The van der Waals surface area contributed by atoms with E-state index >= 15 is 0 Å². The van der Waals surface area contributed by atoms with Gasteiger partial charge in [-0.25, -0.2) is 0 Å². The Balaban J connectivity index is 4.23. The third-order valence-corrected chi connectivity index (χ3v) is 3.21. The Morgan fingerprint density at radius 2 is 1.93 bits per heavy atom. The van der Waals surface area contributed by atoms with Crippen LogP contribution in [0.15, 0.2) is 11.6 Å². The van der Waals surface area contributed by atoms with Crippen LogP contribution in [0.1, 0.15) is 53.9 Å². The minimum Gasteiger partial charge on any atom is -0.303 e. The molecule has 0 aliphatic carbocycles. The maximum atomic E-state index is 10.6. The van der Waals surface area contributed by atoms with Gasteiger partial charge in [0.25, 0.3) is 0 Å². The fourth-order valence-corrected chi connectivity index (χ4v) is 1.51. The zero-order chi connectivity index (χ0) is 11.2. The van der Waals surface area contributed by atoms with E-state index in [1.54, 1.807) is 0 Å². The Kier molecular flexibility index (Phi) is 5.75. The first-order valence-corrected chi connectivity index (χ1v) is 5.49. The monoisotopic (exact) mass is 196 g/mol. The summed E-state index contributed by atoms with van der Waals surface area (Å²) in [6, 6.07) is 0. The predicted molar refractivity (Wildman–Crippen MR) is 62.3 cm³/mol. The second-order valence-corrected chi connectivity index (χ2v) is 5.00. The van der Waals surface area contributed by atoms with Crippen molar-refractivity contribution in [3.63, 3.8) is 0 Å². The van der Waals surface area contributed by atoms with E-state index in [0.717, 1.165) is 19.1 Å². The Morgan fingerprint density at radius 1 is 1.36 bits per heavy atom. The standard InChI is InChI=1S/C13H24O/c1-11(2)7-6-8-13(5,9-10-14)12(3)4/h7,10,12H,6,8-9H2,1-5H3. The third kappa shape index (κ3) is 4.59. The van der Waals surface area contributed by atoms with Gasteiger partial charge in [0.15, 0.2) is 0 Å². The highest BCUT2D eigenvalue weighted by molar-refractivity contribution is 5.50. The minimum absolute atomic E-state index is 0.174. The molecular formula is C13H24O. The second kappa shape index (κ2) is 6.00. The SMILES string of the molecule is CC(C)=CCCC(C)(CC=O)C(C)C. The molecule has 14 heavy (non-hydrogen) atoms. The van der Waals surface area contributed by atoms with E-state index in [9.17, 15) is 4.79 Å². The molecule has 0 aliphatic rings. The summed E-state index contributed by atoms with van der Waals surface area (Å²) in [5, 5.41) is 0. The molecule has 0 aliphatic heterocycles. The molecule has 82 valence electrons.